The first-order chi connectivity index (χ1) is 8.81. The molecule has 1 saturated heterocycles. The molecule has 4 heteroatoms. The molecule has 3 rings (SSSR count). The molecule has 1 N–H and O–H groups in total. The van der Waals surface area contributed by atoms with E-state index < -0.39 is 0 Å². The van der Waals surface area contributed by atoms with Crippen molar-refractivity contribution in [3.63, 3.8) is 0 Å². The molecule has 0 aromatic carbocycles. The van der Waals surface area contributed by atoms with Crippen LogP contribution in [0.15, 0.2) is 12.4 Å². The van der Waals surface area contributed by atoms with Crippen LogP contribution in [0.1, 0.15) is 44.2 Å². The molecule has 1 aromatic heterocycles. The van der Waals surface area contributed by atoms with E-state index in [1.165, 1.54) is 38.5 Å². The van der Waals surface area contributed by atoms with Gasteiger partial charge >= 0.3 is 0 Å². The second-order valence-corrected chi connectivity index (χ2v) is 5.72. The SMILES string of the molecule is OCc1cnc(N2CCC3(CCCC3)CC2)cn1. The lowest BCUT2D eigenvalue weighted by molar-refractivity contribution is 0.226. The third-order valence-electron chi connectivity index (χ3n) is 4.67. The number of aromatic nitrogens is 2. The van der Waals surface area contributed by atoms with Crippen molar-refractivity contribution in [3.05, 3.63) is 18.1 Å². The van der Waals surface area contributed by atoms with Crippen molar-refractivity contribution in [1.82, 2.24) is 9.97 Å². The smallest absolute Gasteiger partial charge is 0.147 e. The zero-order chi connectivity index (χ0) is 12.4. The first kappa shape index (κ1) is 11.9. The molecule has 0 radical (unpaired) electrons. The summed E-state index contributed by atoms with van der Waals surface area (Å²) in [6, 6.07) is 0. The summed E-state index contributed by atoms with van der Waals surface area (Å²) in [5.41, 5.74) is 1.29. The van der Waals surface area contributed by atoms with Gasteiger partial charge in [0.2, 0.25) is 0 Å². The number of aliphatic hydroxyl groups excluding tert-OH is 1. The summed E-state index contributed by atoms with van der Waals surface area (Å²) in [5.74, 6) is 0.958. The fourth-order valence-corrected chi connectivity index (χ4v) is 3.43. The van der Waals surface area contributed by atoms with Gasteiger partial charge < -0.3 is 10.0 Å². The quantitative estimate of drug-likeness (QED) is 0.869. The Balaban J connectivity index is 1.64. The number of hydrogen-bond acceptors (Lipinski definition) is 4. The maximum atomic E-state index is 8.96. The number of aliphatic hydroxyl groups is 1. The van der Waals surface area contributed by atoms with E-state index in [1.54, 1.807) is 12.4 Å². The Bertz CT molecular complexity index is 388. The molecule has 0 atom stereocenters. The molecular weight excluding hydrogens is 226 g/mol. The summed E-state index contributed by atoms with van der Waals surface area (Å²) >= 11 is 0. The van der Waals surface area contributed by atoms with Gasteiger partial charge in [-0.05, 0) is 31.1 Å². The Labute approximate surface area is 108 Å². The maximum Gasteiger partial charge on any atom is 0.147 e. The fourth-order valence-electron chi connectivity index (χ4n) is 3.43. The normalized spacial score (nSPS) is 22.6. The third-order valence-corrected chi connectivity index (χ3v) is 4.67. The largest absolute Gasteiger partial charge is 0.390 e. The highest BCUT2D eigenvalue weighted by Gasteiger charge is 2.37. The number of hydrogen-bond donors (Lipinski definition) is 1. The molecule has 2 aliphatic rings. The molecule has 1 aliphatic heterocycles. The first-order valence-electron chi connectivity index (χ1n) is 6.98. The molecule has 2 heterocycles. The van der Waals surface area contributed by atoms with Crippen molar-refractivity contribution in [1.29, 1.82) is 0 Å². The highest BCUT2D eigenvalue weighted by Crippen LogP contribution is 2.46. The van der Waals surface area contributed by atoms with Gasteiger partial charge in [-0.25, -0.2) is 4.98 Å². The molecule has 1 aromatic rings. The Morgan fingerprint density at radius 3 is 2.33 bits per heavy atom. The van der Waals surface area contributed by atoms with E-state index in [4.69, 9.17) is 5.11 Å². The topological polar surface area (TPSA) is 49.3 Å². The molecule has 98 valence electrons. The Hall–Kier alpha value is -1.16. The lowest BCUT2D eigenvalue weighted by Gasteiger charge is -2.39. The van der Waals surface area contributed by atoms with Crippen LogP contribution in [0.2, 0.25) is 0 Å². The average molecular weight is 247 g/mol. The van der Waals surface area contributed by atoms with Crippen molar-refractivity contribution >= 4 is 5.82 Å². The van der Waals surface area contributed by atoms with Gasteiger partial charge in [-0.1, -0.05) is 12.8 Å². The summed E-state index contributed by atoms with van der Waals surface area (Å²) in [4.78, 5) is 10.9. The number of nitrogens with zero attached hydrogens (tertiary/aromatic N) is 3. The van der Waals surface area contributed by atoms with Crippen LogP contribution in [0.25, 0.3) is 0 Å². The summed E-state index contributed by atoms with van der Waals surface area (Å²) in [7, 11) is 0. The molecule has 1 aliphatic carbocycles. The number of piperidine rings is 1. The zero-order valence-electron chi connectivity index (χ0n) is 10.8. The minimum Gasteiger partial charge on any atom is -0.390 e. The lowest BCUT2D eigenvalue weighted by Crippen LogP contribution is -2.39. The van der Waals surface area contributed by atoms with Gasteiger partial charge in [-0.3, -0.25) is 4.98 Å². The Morgan fingerprint density at radius 2 is 1.78 bits per heavy atom. The molecular formula is C14H21N3O. The summed E-state index contributed by atoms with van der Waals surface area (Å²) < 4.78 is 0. The van der Waals surface area contributed by atoms with Gasteiger partial charge in [0.15, 0.2) is 0 Å². The summed E-state index contributed by atoms with van der Waals surface area (Å²) in [6.07, 6.45) is 11.8. The van der Waals surface area contributed by atoms with E-state index in [0.29, 0.717) is 11.1 Å². The molecule has 18 heavy (non-hydrogen) atoms. The van der Waals surface area contributed by atoms with Crippen LogP contribution >= 0.6 is 0 Å². The third kappa shape index (κ3) is 2.21. The van der Waals surface area contributed by atoms with Crippen LogP contribution in [0.4, 0.5) is 5.82 Å². The van der Waals surface area contributed by atoms with Gasteiger partial charge in [0.05, 0.1) is 24.7 Å². The van der Waals surface area contributed by atoms with Crippen LogP contribution < -0.4 is 4.90 Å². The van der Waals surface area contributed by atoms with Gasteiger partial charge in [-0.2, -0.15) is 0 Å². The van der Waals surface area contributed by atoms with E-state index in [9.17, 15) is 0 Å². The van der Waals surface area contributed by atoms with E-state index >= 15 is 0 Å². The van der Waals surface area contributed by atoms with E-state index in [0.717, 1.165) is 18.9 Å². The molecule has 0 amide bonds. The van der Waals surface area contributed by atoms with Crippen molar-refractivity contribution in [2.24, 2.45) is 5.41 Å². The van der Waals surface area contributed by atoms with Crippen molar-refractivity contribution in [2.45, 2.75) is 45.1 Å². The van der Waals surface area contributed by atoms with E-state index in [2.05, 4.69) is 14.9 Å². The number of rotatable bonds is 2. The molecule has 0 unspecified atom stereocenters. The highest BCUT2D eigenvalue weighted by molar-refractivity contribution is 5.36. The van der Waals surface area contributed by atoms with E-state index in [1.807, 2.05) is 0 Å². The van der Waals surface area contributed by atoms with Crippen LogP contribution in [-0.2, 0) is 6.61 Å². The molecule has 1 spiro atoms. The lowest BCUT2D eigenvalue weighted by atomic mass is 9.77. The van der Waals surface area contributed by atoms with Gasteiger partial charge in [-0.15, -0.1) is 0 Å². The zero-order valence-corrected chi connectivity index (χ0v) is 10.8. The van der Waals surface area contributed by atoms with Crippen LogP contribution in [0.3, 0.4) is 0 Å². The first-order valence-corrected chi connectivity index (χ1v) is 6.98. The minimum absolute atomic E-state index is 0.0314. The number of anilines is 1. The predicted molar refractivity (Wildman–Crippen MR) is 70.3 cm³/mol. The molecule has 2 fully saturated rings. The Kier molecular flexibility index (Phi) is 3.20. The van der Waals surface area contributed by atoms with E-state index in [-0.39, 0.29) is 6.61 Å². The fraction of sp³-hybridized carbons (Fsp3) is 0.714. The van der Waals surface area contributed by atoms with Crippen molar-refractivity contribution in [2.75, 3.05) is 18.0 Å². The molecule has 4 nitrogen and oxygen atoms in total. The molecule has 1 saturated carbocycles. The Morgan fingerprint density at radius 1 is 1.06 bits per heavy atom. The van der Waals surface area contributed by atoms with Gasteiger partial charge in [0.1, 0.15) is 5.82 Å². The minimum atomic E-state index is -0.0314. The second-order valence-electron chi connectivity index (χ2n) is 5.72. The summed E-state index contributed by atoms with van der Waals surface area (Å²) in [5, 5.41) is 8.96. The van der Waals surface area contributed by atoms with Crippen molar-refractivity contribution < 1.29 is 5.11 Å². The second kappa shape index (κ2) is 4.84. The van der Waals surface area contributed by atoms with Gasteiger partial charge in [0.25, 0.3) is 0 Å². The predicted octanol–water partition coefficient (Wildman–Crippen LogP) is 2.13. The summed E-state index contributed by atoms with van der Waals surface area (Å²) in [6.45, 7) is 2.18. The van der Waals surface area contributed by atoms with Crippen molar-refractivity contribution in [3.8, 4) is 0 Å². The monoisotopic (exact) mass is 247 g/mol. The maximum absolute atomic E-state index is 8.96. The van der Waals surface area contributed by atoms with Crippen LogP contribution in [0, 0.1) is 5.41 Å². The average Bonchev–Trinajstić information content (AvgIpc) is 2.88. The molecule has 0 bridgehead atoms. The highest BCUT2D eigenvalue weighted by atomic mass is 16.3. The van der Waals surface area contributed by atoms with Crippen LogP contribution in [-0.4, -0.2) is 28.2 Å². The van der Waals surface area contributed by atoms with Crippen LogP contribution in [0.5, 0.6) is 0 Å². The van der Waals surface area contributed by atoms with Gasteiger partial charge in [0, 0.05) is 13.1 Å². The standard InChI is InChI=1S/C14H21N3O/c18-11-12-9-16-13(10-15-12)17-7-5-14(6-8-17)3-1-2-4-14/h9-10,18H,1-8,11H2.